The zero-order chi connectivity index (χ0) is 16.6. The van der Waals surface area contributed by atoms with Crippen molar-refractivity contribution in [1.82, 2.24) is 4.31 Å². The highest BCUT2D eigenvalue weighted by Gasteiger charge is 2.33. The summed E-state index contributed by atoms with van der Waals surface area (Å²) in [6.45, 7) is 2.47. The third kappa shape index (κ3) is 2.70. The van der Waals surface area contributed by atoms with Crippen LogP contribution >= 0.6 is 0 Å². The predicted molar refractivity (Wildman–Crippen MR) is 89.1 cm³/mol. The number of likely N-dealkylation sites (N-methyl/N-ethyl adjacent to an activating group) is 1. The van der Waals surface area contributed by atoms with Crippen molar-refractivity contribution in [2.75, 3.05) is 25.0 Å². The number of para-hydroxylation sites is 1. The molecule has 0 atom stereocenters. The van der Waals surface area contributed by atoms with E-state index in [0.29, 0.717) is 12.1 Å². The standard InChI is InChI=1S/C17H18N2O3S/c1-13-7-9-14(10-8-13)23(21,22)19-12-11-18(2)16-6-4-3-5-15(16)17(19)20/h3-10H,11-12H2,1-2H3. The molecule has 0 aromatic heterocycles. The van der Waals surface area contributed by atoms with Crippen LogP contribution in [0.25, 0.3) is 0 Å². The second-order valence-electron chi connectivity index (χ2n) is 5.63. The molecule has 0 aliphatic carbocycles. The molecule has 0 N–H and O–H groups in total. The van der Waals surface area contributed by atoms with Gasteiger partial charge in [-0.25, -0.2) is 12.7 Å². The molecular weight excluding hydrogens is 312 g/mol. The van der Waals surface area contributed by atoms with Gasteiger partial charge in [-0.3, -0.25) is 4.79 Å². The average molecular weight is 330 g/mol. The lowest BCUT2D eigenvalue weighted by molar-refractivity contribution is 0.0868. The maximum Gasteiger partial charge on any atom is 0.269 e. The molecule has 2 aromatic carbocycles. The number of sulfonamides is 1. The predicted octanol–water partition coefficient (Wildman–Crippen LogP) is 2.28. The number of benzene rings is 2. The average Bonchev–Trinajstić information content (AvgIpc) is 2.66. The molecule has 23 heavy (non-hydrogen) atoms. The fourth-order valence-electron chi connectivity index (χ4n) is 2.65. The quantitative estimate of drug-likeness (QED) is 0.848. The maximum absolute atomic E-state index is 12.9. The van der Waals surface area contributed by atoms with Gasteiger partial charge in [0.1, 0.15) is 0 Å². The summed E-state index contributed by atoms with van der Waals surface area (Å²) in [6.07, 6.45) is 0. The van der Waals surface area contributed by atoms with Crippen LogP contribution in [0, 0.1) is 6.92 Å². The second-order valence-corrected chi connectivity index (χ2v) is 7.50. The number of carbonyl (C=O) groups is 1. The van der Waals surface area contributed by atoms with Gasteiger partial charge in [-0.2, -0.15) is 0 Å². The van der Waals surface area contributed by atoms with E-state index in [1.807, 2.05) is 31.0 Å². The van der Waals surface area contributed by atoms with E-state index in [2.05, 4.69) is 0 Å². The van der Waals surface area contributed by atoms with E-state index in [-0.39, 0.29) is 11.4 Å². The molecule has 0 fully saturated rings. The summed E-state index contributed by atoms with van der Waals surface area (Å²) in [6, 6.07) is 13.6. The number of fused-ring (bicyclic) bond motifs is 1. The molecule has 0 saturated carbocycles. The van der Waals surface area contributed by atoms with Crippen LogP contribution in [0.4, 0.5) is 5.69 Å². The van der Waals surface area contributed by atoms with Crippen LogP contribution in [0.3, 0.4) is 0 Å². The Balaban J connectivity index is 2.07. The van der Waals surface area contributed by atoms with Gasteiger partial charge in [-0.05, 0) is 31.2 Å². The third-order valence-electron chi connectivity index (χ3n) is 4.02. The summed E-state index contributed by atoms with van der Waals surface area (Å²) in [5.41, 5.74) is 2.12. The molecule has 0 radical (unpaired) electrons. The van der Waals surface area contributed by atoms with E-state index in [4.69, 9.17) is 0 Å². The van der Waals surface area contributed by atoms with Crippen molar-refractivity contribution >= 4 is 21.6 Å². The Labute approximate surface area is 136 Å². The Morgan fingerprint density at radius 2 is 1.61 bits per heavy atom. The molecule has 5 nitrogen and oxygen atoms in total. The van der Waals surface area contributed by atoms with Crippen LogP contribution in [-0.2, 0) is 10.0 Å². The van der Waals surface area contributed by atoms with E-state index >= 15 is 0 Å². The fourth-order valence-corrected chi connectivity index (χ4v) is 4.02. The van der Waals surface area contributed by atoms with E-state index in [9.17, 15) is 13.2 Å². The van der Waals surface area contributed by atoms with Crippen LogP contribution in [0.2, 0.25) is 0 Å². The van der Waals surface area contributed by atoms with Crippen LogP contribution in [0.5, 0.6) is 0 Å². The monoisotopic (exact) mass is 330 g/mol. The molecule has 1 amide bonds. The van der Waals surface area contributed by atoms with Crippen molar-refractivity contribution in [3.8, 4) is 0 Å². The summed E-state index contributed by atoms with van der Waals surface area (Å²) < 4.78 is 26.7. The molecule has 3 rings (SSSR count). The zero-order valence-electron chi connectivity index (χ0n) is 13.1. The highest BCUT2D eigenvalue weighted by molar-refractivity contribution is 7.89. The first-order valence-corrected chi connectivity index (χ1v) is 8.79. The van der Waals surface area contributed by atoms with Gasteiger partial charge in [0, 0.05) is 19.3 Å². The molecular formula is C17H18N2O3S. The van der Waals surface area contributed by atoms with Crippen molar-refractivity contribution in [2.24, 2.45) is 0 Å². The Bertz CT molecular complexity index is 844. The first-order chi connectivity index (χ1) is 10.9. The van der Waals surface area contributed by atoms with Gasteiger partial charge in [0.25, 0.3) is 15.9 Å². The minimum atomic E-state index is -3.86. The molecule has 0 spiro atoms. The van der Waals surface area contributed by atoms with Crippen LogP contribution in [-0.4, -0.2) is 38.8 Å². The lowest BCUT2D eigenvalue weighted by Gasteiger charge is -2.21. The third-order valence-corrected chi connectivity index (χ3v) is 5.82. The summed E-state index contributed by atoms with van der Waals surface area (Å²) in [5, 5.41) is 0. The Morgan fingerprint density at radius 1 is 0.957 bits per heavy atom. The Hall–Kier alpha value is -2.34. The van der Waals surface area contributed by atoms with Crippen LogP contribution in [0.1, 0.15) is 15.9 Å². The number of aryl methyl sites for hydroxylation is 1. The van der Waals surface area contributed by atoms with Crippen molar-refractivity contribution < 1.29 is 13.2 Å². The number of anilines is 1. The number of carbonyl (C=O) groups excluding carboxylic acids is 1. The van der Waals surface area contributed by atoms with Gasteiger partial charge in [-0.1, -0.05) is 29.8 Å². The van der Waals surface area contributed by atoms with Gasteiger partial charge >= 0.3 is 0 Å². The van der Waals surface area contributed by atoms with E-state index < -0.39 is 15.9 Å². The molecule has 6 heteroatoms. The number of hydrogen-bond donors (Lipinski definition) is 0. The van der Waals surface area contributed by atoms with Crippen molar-refractivity contribution in [1.29, 1.82) is 0 Å². The lowest BCUT2D eigenvalue weighted by atomic mass is 10.1. The topological polar surface area (TPSA) is 57.7 Å². The van der Waals surface area contributed by atoms with Crippen molar-refractivity contribution in [3.05, 3.63) is 59.7 Å². The molecule has 1 aliphatic rings. The van der Waals surface area contributed by atoms with Gasteiger partial charge < -0.3 is 4.90 Å². The number of nitrogens with zero attached hydrogens (tertiary/aromatic N) is 2. The van der Waals surface area contributed by atoms with E-state index in [1.165, 1.54) is 0 Å². The second kappa shape index (κ2) is 5.70. The summed E-state index contributed by atoms with van der Waals surface area (Å²) in [4.78, 5) is 14.8. The number of hydrogen-bond acceptors (Lipinski definition) is 4. The van der Waals surface area contributed by atoms with Gasteiger partial charge in [0.05, 0.1) is 17.0 Å². The highest BCUT2D eigenvalue weighted by atomic mass is 32.2. The summed E-state index contributed by atoms with van der Waals surface area (Å²) in [7, 11) is -2.01. The van der Waals surface area contributed by atoms with Crippen molar-refractivity contribution in [2.45, 2.75) is 11.8 Å². The first-order valence-electron chi connectivity index (χ1n) is 7.35. The van der Waals surface area contributed by atoms with Gasteiger partial charge in [0.15, 0.2) is 0 Å². The molecule has 1 aliphatic heterocycles. The lowest BCUT2D eigenvalue weighted by Crippen LogP contribution is -2.38. The first kappa shape index (κ1) is 15.6. The molecule has 1 heterocycles. The molecule has 2 aromatic rings. The molecule has 120 valence electrons. The number of rotatable bonds is 2. The highest BCUT2D eigenvalue weighted by Crippen LogP contribution is 2.27. The largest absolute Gasteiger partial charge is 0.372 e. The van der Waals surface area contributed by atoms with Crippen molar-refractivity contribution in [3.63, 3.8) is 0 Å². The smallest absolute Gasteiger partial charge is 0.269 e. The summed E-state index contributed by atoms with van der Waals surface area (Å²) in [5.74, 6) is -0.481. The molecule has 0 saturated heterocycles. The normalized spacial score (nSPS) is 15.3. The SMILES string of the molecule is Cc1ccc(S(=O)(=O)N2CCN(C)c3ccccc3C2=O)cc1. The fraction of sp³-hybridized carbons (Fsp3) is 0.235. The minimum absolute atomic E-state index is 0.125. The van der Waals surface area contributed by atoms with E-state index in [1.54, 1.807) is 36.4 Å². The molecule has 0 unspecified atom stereocenters. The van der Waals surface area contributed by atoms with Crippen LogP contribution in [0.15, 0.2) is 53.4 Å². The van der Waals surface area contributed by atoms with Gasteiger partial charge in [0.2, 0.25) is 0 Å². The minimum Gasteiger partial charge on any atom is -0.372 e. The van der Waals surface area contributed by atoms with Crippen LogP contribution < -0.4 is 4.90 Å². The van der Waals surface area contributed by atoms with E-state index in [0.717, 1.165) is 15.6 Å². The Kier molecular flexibility index (Phi) is 3.85. The van der Waals surface area contributed by atoms with Gasteiger partial charge in [-0.15, -0.1) is 0 Å². The Morgan fingerprint density at radius 3 is 2.30 bits per heavy atom. The zero-order valence-corrected chi connectivity index (χ0v) is 13.9. The number of amides is 1. The molecule has 0 bridgehead atoms. The maximum atomic E-state index is 12.9. The summed E-state index contributed by atoms with van der Waals surface area (Å²) >= 11 is 0.